The van der Waals surface area contributed by atoms with Crippen molar-refractivity contribution >= 4 is 27.7 Å². The van der Waals surface area contributed by atoms with E-state index in [4.69, 9.17) is 0 Å². The molecule has 3 heteroatoms. The molecule has 0 spiro atoms. The predicted molar refractivity (Wildman–Crippen MR) is 70.7 cm³/mol. The van der Waals surface area contributed by atoms with Crippen LogP contribution in [0.4, 0.5) is 0 Å². The molecule has 1 N–H and O–H groups in total. The minimum absolute atomic E-state index is 0.879. The molecule has 0 atom stereocenters. The van der Waals surface area contributed by atoms with Crippen LogP contribution in [0, 0.1) is 0 Å². The minimum atomic E-state index is 0.879. The Morgan fingerprint density at radius 2 is 2.27 bits per heavy atom. The molecule has 1 aliphatic carbocycles. The van der Waals surface area contributed by atoms with Crippen LogP contribution in [0.15, 0.2) is 27.6 Å². The molecule has 15 heavy (non-hydrogen) atoms. The van der Waals surface area contributed by atoms with Gasteiger partial charge < -0.3 is 5.32 Å². The number of nitrogens with one attached hydrogen (secondary N) is 1. The van der Waals surface area contributed by atoms with Crippen molar-refractivity contribution in [3.8, 4) is 0 Å². The summed E-state index contributed by atoms with van der Waals surface area (Å²) in [5, 5.41) is 4.05. The Bertz CT molecular complexity index is 336. The SMILES string of the molecule is CNCCc1ccc(SC2CC2)c(Br)c1. The molecule has 1 nitrogen and oxygen atoms in total. The maximum Gasteiger partial charge on any atom is 0.0314 e. The average Bonchev–Trinajstić information content (AvgIpc) is 3.02. The van der Waals surface area contributed by atoms with Crippen LogP contribution in [0.3, 0.4) is 0 Å². The second kappa shape index (κ2) is 5.37. The zero-order chi connectivity index (χ0) is 10.7. The van der Waals surface area contributed by atoms with E-state index in [0.29, 0.717) is 0 Å². The van der Waals surface area contributed by atoms with Crippen molar-refractivity contribution in [2.45, 2.75) is 29.4 Å². The van der Waals surface area contributed by atoms with E-state index in [1.165, 1.54) is 27.8 Å². The van der Waals surface area contributed by atoms with E-state index in [1.54, 1.807) is 0 Å². The first kappa shape index (κ1) is 11.5. The second-order valence-electron chi connectivity index (χ2n) is 3.94. The average molecular weight is 286 g/mol. The van der Waals surface area contributed by atoms with Crippen LogP contribution in [0.25, 0.3) is 0 Å². The van der Waals surface area contributed by atoms with Crippen LogP contribution >= 0.6 is 27.7 Å². The van der Waals surface area contributed by atoms with Crippen molar-refractivity contribution < 1.29 is 0 Å². The third kappa shape index (κ3) is 3.51. The summed E-state index contributed by atoms with van der Waals surface area (Å²) in [5.74, 6) is 0. The smallest absolute Gasteiger partial charge is 0.0314 e. The van der Waals surface area contributed by atoms with Gasteiger partial charge in [0.15, 0.2) is 0 Å². The molecule has 0 saturated heterocycles. The molecule has 82 valence electrons. The summed E-state index contributed by atoms with van der Waals surface area (Å²) in [6, 6.07) is 6.74. The first-order valence-electron chi connectivity index (χ1n) is 5.39. The predicted octanol–water partition coefficient (Wildman–Crippen LogP) is 3.47. The molecule has 1 aliphatic rings. The van der Waals surface area contributed by atoms with Crippen molar-refractivity contribution in [3.05, 3.63) is 28.2 Å². The highest BCUT2D eigenvalue weighted by atomic mass is 79.9. The van der Waals surface area contributed by atoms with Gasteiger partial charge in [-0.15, -0.1) is 11.8 Å². The number of thioether (sulfide) groups is 1. The molecule has 1 aromatic rings. The lowest BCUT2D eigenvalue weighted by Gasteiger charge is -2.06. The summed E-state index contributed by atoms with van der Waals surface area (Å²) in [6.45, 7) is 1.04. The Balaban J connectivity index is 2.00. The fourth-order valence-electron chi connectivity index (χ4n) is 1.43. The monoisotopic (exact) mass is 285 g/mol. The fraction of sp³-hybridized carbons (Fsp3) is 0.500. The molecule has 0 aliphatic heterocycles. The summed E-state index contributed by atoms with van der Waals surface area (Å²) < 4.78 is 1.26. The molecule has 2 rings (SSSR count). The Kier molecular flexibility index (Phi) is 4.12. The topological polar surface area (TPSA) is 12.0 Å². The molecular weight excluding hydrogens is 270 g/mol. The third-order valence-electron chi connectivity index (χ3n) is 2.48. The van der Waals surface area contributed by atoms with Gasteiger partial charge in [0.1, 0.15) is 0 Å². The van der Waals surface area contributed by atoms with Crippen LogP contribution in [-0.4, -0.2) is 18.8 Å². The van der Waals surface area contributed by atoms with Crippen LogP contribution < -0.4 is 5.32 Å². The molecule has 0 amide bonds. The summed E-state index contributed by atoms with van der Waals surface area (Å²) >= 11 is 5.66. The Labute approximate surface area is 104 Å². The summed E-state index contributed by atoms with van der Waals surface area (Å²) in [4.78, 5) is 1.39. The number of hydrogen-bond donors (Lipinski definition) is 1. The molecule has 0 unspecified atom stereocenters. The molecule has 0 aromatic heterocycles. The quantitative estimate of drug-likeness (QED) is 0.889. The lowest BCUT2D eigenvalue weighted by Crippen LogP contribution is -2.10. The Morgan fingerprint density at radius 3 is 2.87 bits per heavy atom. The summed E-state index contributed by atoms with van der Waals surface area (Å²) in [7, 11) is 1.99. The zero-order valence-corrected chi connectivity index (χ0v) is 11.3. The van der Waals surface area contributed by atoms with E-state index in [1.807, 2.05) is 18.8 Å². The minimum Gasteiger partial charge on any atom is -0.319 e. The standard InChI is InChI=1S/C12H16BrNS/c1-14-7-6-9-2-5-12(11(13)8-9)15-10-3-4-10/h2,5,8,10,14H,3-4,6-7H2,1H3. The lowest BCUT2D eigenvalue weighted by atomic mass is 10.1. The fourth-order valence-corrected chi connectivity index (χ4v) is 3.19. The number of benzene rings is 1. The van der Waals surface area contributed by atoms with Gasteiger partial charge in [0, 0.05) is 14.6 Å². The van der Waals surface area contributed by atoms with Gasteiger partial charge in [-0.1, -0.05) is 6.07 Å². The highest BCUT2D eigenvalue weighted by Crippen LogP contribution is 2.41. The van der Waals surface area contributed by atoms with Gasteiger partial charge in [-0.25, -0.2) is 0 Å². The van der Waals surface area contributed by atoms with E-state index in [-0.39, 0.29) is 0 Å². The molecule has 1 fully saturated rings. The summed E-state index contributed by atoms with van der Waals surface area (Å²) in [6.07, 6.45) is 3.88. The van der Waals surface area contributed by atoms with Crippen LogP contribution in [-0.2, 0) is 6.42 Å². The number of hydrogen-bond acceptors (Lipinski definition) is 2. The zero-order valence-electron chi connectivity index (χ0n) is 8.92. The second-order valence-corrected chi connectivity index (χ2v) is 6.13. The van der Waals surface area contributed by atoms with E-state index in [9.17, 15) is 0 Å². The molecule has 0 heterocycles. The number of halogens is 1. The van der Waals surface area contributed by atoms with Gasteiger partial charge in [-0.2, -0.15) is 0 Å². The Hall–Kier alpha value is 0.01000. The van der Waals surface area contributed by atoms with Crippen LogP contribution in [0.2, 0.25) is 0 Å². The first-order valence-corrected chi connectivity index (χ1v) is 7.06. The molecular formula is C12H16BrNS. The first-order chi connectivity index (χ1) is 7.29. The van der Waals surface area contributed by atoms with E-state index < -0.39 is 0 Å². The molecule has 0 bridgehead atoms. The number of rotatable bonds is 5. The van der Waals surface area contributed by atoms with Crippen molar-refractivity contribution in [2.24, 2.45) is 0 Å². The van der Waals surface area contributed by atoms with E-state index in [0.717, 1.165) is 18.2 Å². The highest BCUT2D eigenvalue weighted by Gasteiger charge is 2.23. The van der Waals surface area contributed by atoms with Crippen molar-refractivity contribution in [1.29, 1.82) is 0 Å². The molecule has 1 aromatic carbocycles. The van der Waals surface area contributed by atoms with Gasteiger partial charge in [0.2, 0.25) is 0 Å². The van der Waals surface area contributed by atoms with Crippen LogP contribution in [0.5, 0.6) is 0 Å². The highest BCUT2D eigenvalue weighted by molar-refractivity contribution is 9.10. The normalized spacial score (nSPS) is 15.6. The van der Waals surface area contributed by atoms with Gasteiger partial charge in [0.05, 0.1) is 0 Å². The van der Waals surface area contributed by atoms with Gasteiger partial charge in [0.25, 0.3) is 0 Å². The van der Waals surface area contributed by atoms with Gasteiger partial charge in [-0.3, -0.25) is 0 Å². The molecule has 0 radical (unpaired) electrons. The van der Waals surface area contributed by atoms with E-state index >= 15 is 0 Å². The number of likely N-dealkylation sites (N-methyl/N-ethyl adjacent to an activating group) is 1. The van der Waals surface area contributed by atoms with E-state index in [2.05, 4.69) is 39.4 Å². The third-order valence-corrected chi connectivity index (χ3v) is 4.81. The summed E-state index contributed by atoms with van der Waals surface area (Å²) in [5.41, 5.74) is 1.40. The lowest BCUT2D eigenvalue weighted by molar-refractivity contribution is 0.791. The van der Waals surface area contributed by atoms with Gasteiger partial charge in [-0.05, 0) is 66.5 Å². The van der Waals surface area contributed by atoms with Crippen molar-refractivity contribution in [3.63, 3.8) is 0 Å². The van der Waals surface area contributed by atoms with Crippen LogP contribution in [0.1, 0.15) is 18.4 Å². The van der Waals surface area contributed by atoms with Crippen molar-refractivity contribution in [2.75, 3.05) is 13.6 Å². The maximum absolute atomic E-state index is 3.65. The van der Waals surface area contributed by atoms with Crippen molar-refractivity contribution in [1.82, 2.24) is 5.32 Å². The Morgan fingerprint density at radius 1 is 1.47 bits per heavy atom. The maximum atomic E-state index is 3.65. The largest absolute Gasteiger partial charge is 0.319 e. The van der Waals surface area contributed by atoms with Gasteiger partial charge >= 0.3 is 0 Å². The molecule has 1 saturated carbocycles.